The van der Waals surface area contributed by atoms with Gasteiger partial charge in [0.1, 0.15) is 11.7 Å². The maximum Gasteiger partial charge on any atom is 0.313 e. The fraction of sp³-hybridized carbons (Fsp3) is 0.267. The molecule has 104 valence electrons. The number of carboxylic acid groups (broad SMARTS) is 1. The number of hydrogen-bond donors (Lipinski definition) is 1. The van der Waals surface area contributed by atoms with Gasteiger partial charge in [0, 0.05) is 0 Å². The Morgan fingerprint density at radius 3 is 2.40 bits per heavy atom. The fourth-order valence-electron chi connectivity index (χ4n) is 1.91. The fourth-order valence-corrected chi connectivity index (χ4v) is 1.91. The van der Waals surface area contributed by atoms with Gasteiger partial charge < -0.3 is 9.84 Å². The lowest BCUT2D eigenvalue weighted by Crippen LogP contribution is -2.16. The van der Waals surface area contributed by atoms with E-state index in [0.29, 0.717) is 12.1 Å². The van der Waals surface area contributed by atoms with Crippen molar-refractivity contribution in [3.05, 3.63) is 53.3 Å². The van der Waals surface area contributed by atoms with E-state index in [0.717, 1.165) is 17.0 Å². The zero-order chi connectivity index (χ0) is 14.5. The molecule has 0 spiro atoms. The molecular formula is C15H16N2O3. The molecule has 5 heteroatoms. The molecule has 0 fully saturated rings. The van der Waals surface area contributed by atoms with Crippen molar-refractivity contribution in [1.29, 1.82) is 0 Å². The van der Waals surface area contributed by atoms with E-state index in [4.69, 9.17) is 4.74 Å². The predicted octanol–water partition coefficient (Wildman–Crippen LogP) is 2.20. The van der Waals surface area contributed by atoms with Crippen LogP contribution in [-0.2, 0) is 11.2 Å². The van der Waals surface area contributed by atoms with Crippen molar-refractivity contribution in [1.82, 2.24) is 10.2 Å². The molecule has 2 aromatic rings. The summed E-state index contributed by atoms with van der Waals surface area (Å²) in [5, 5.41) is 17.3. The highest BCUT2D eigenvalue weighted by atomic mass is 16.5. The Morgan fingerprint density at radius 2 is 1.90 bits per heavy atom. The lowest BCUT2D eigenvalue weighted by Gasteiger charge is -2.12. The number of aliphatic carboxylic acids is 1. The van der Waals surface area contributed by atoms with E-state index in [9.17, 15) is 9.90 Å². The molecule has 1 unspecified atom stereocenters. The van der Waals surface area contributed by atoms with Gasteiger partial charge in [-0.05, 0) is 43.2 Å². The minimum atomic E-state index is -0.904. The Morgan fingerprint density at radius 1 is 1.20 bits per heavy atom. The molecule has 0 saturated heterocycles. The monoisotopic (exact) mass is 272 g/mol. The first-order chi connectivity index (χ1) is 9.60. The number of hydrogen-bond acceptors (Lipinski definition) is 4. The van der Waals surface area contributed by atoms with Crippen LogP contribution in [0.25, 0.3) is 0 Å². The Bertz CT molecular complexity index is 579. The molecule has 0 aliphatic carbocycles. The van der Waals surface area contributed by atoms with E-state index in [1.54, 1.807) is 19.2 Å². The topological polar surface area (TPSA) is 72.3 Å². The van der Waals surface area contributed by atoms with Gasteiger partial charge in [-0.15, -0.1) is 0 Å². The van der Waals surface area contributed by atoms with Gasteiger partial charge in [0.2, 0.25) is 0 Å². The molecule has 0 radical (unpaired) electrons. The van der Waals surface area contributed by atoms with Crippen molar-refractivity contribution in [2.24, 2.45) is 0 Å². The number of methoxy groups -OCH3 is 1. The highest BCUT2D eigenvalue weighted by molar-refractivity contribution is 5.75. The standard InChI is InChI=1S/C15H16N2O3/c1-10-3-8-14(17-16-10)13(15(18)19)9-11-4-6-12(20-2)7-5-11/h3-8,13H,9H2,1-2H3,(H,18,19). The van der Waals surface area contributed by atoms with Crippen LogP contribution in [0.4, 0.5) is 0 Å². The number of rotatable bonds is 5. The first kappa shape index (κ1) is 14.0. The maximum absolute atomic E-state index is 11.4. The summed E-state index contributed by atoms with van der Waals surface area (Å²) in [7, 11) is 1.59. The molecular weight excluding hydrogens is 256 g/mol. The molecule has 1 aromatic heterocycles. The average molecular weight is 272 g/mol. The highest BCUT2D eigenvalue weighted by Crippen LogP contribution is 2.21. The van der Waals surface area contributed by atoms with Gasteiger partial charge in [0.15, 0.2) is 0 Å². The third-order valence-electron chi connectivity index (χ3n) is 3.07. The van der Waals surface area contributed by atoms with Crippen molar-refractivity contribution < 1.29 is 14.6 Å². The second-order valence-corrected chi connectivity index (χ2v) is 4.54. The van der Waals surface area contributed by atoms with Crippen molar-refractivity contribution >= 4 is 5.97 Å². The van der Waals surface area contributed by atoms with E-state index >= 15 is 0 Å². The maximum atomic E-state index is 11.4. The van der Waals surface area contributed by atoms with Gasteiger partial charge in [-0.25, -0.2) is 0 Å². The molecule has 20 heavy (non-hydrogen) atoms. The highest BCUT2D eigenvalue weighted by Gasteiger charge is 2.22. The Hall–Kier alpha value is -2.43. The van der Waals surface area contributed by atoms with E-state index < -0.39 is 11.9 Å². The van der Waals surface area contributed by atoms with Crippen LogP contribution in [0.1, 0.15) is 22.9 Å². The molecule has 0 bridgehead atoms. The van der Waals surface area contributed by atoms with Crippen molar-refractivity contribution in [3.8, 4) is 5.75 Å². The molecule has 5 nitrogen and oxygen atoms in total. The van der Waals surface area contributed by atoms with Crippen LogP contribution in [0.5, 0.6) is 5.75 Å². The summed E-state index contributed by atoms with van der Waals surface area (Å²) in [4.78, 5) is 11.4. The molecule has 1 heterocycles. The third kappa shape index (κ3) is 3.32. The normalized spacial score (nSPS) is 11.9. The number of nitrogens with zero attached hydrogens (tertiary/aromatic N) is 2. The summed E-state index contributed by atoms with van der Waals surface area (Å²) in [6, 6.07) is 10.8. The van der Waals surface area contributed by atoms with Crippen LogP contribution in [0.3, 0.4) is 0 Å². The van der Waals surface area contributed by atoms with Gasteiger partial charge in [-0.1, -0.05) is 12.1 Å². The van der Waals surface area contributed by atoms with E-state index in [1.165, 1.54) is 0 Å². The van der Waals surface area contributed by atoms with Gasteiger partial charge in [0.25, 0.3) is 0 Å². The van der Waals surface area contributed by atoms with E-state index in [1.807, 2.05) is 31.2 Å². The van der Waals surface area contributed by atoms with Crippen LogP contribution < -0.4 is 4.74 Å². The van der Waals surface area contributed by atoms with E-state index in [2.05, 4.69) is 10.2 Å². The van der Waals surface area contributed by atoms with Crippen LogP contribution >= 0.6 is 0 Å². The quantitative estimate of drug-likeness (QED) is 0.903. The summed E-state index contributed by atoms with van der Waals surface area (Å²) in [6.07, 6.45) is 0.372. The first-order valence-electron chi connectivity index (χ1n) is 6.26. The lowest BCUT2D eigenvalue weighted by molar-refractivity contribution is -0.138. The second-order valence-electron chi connectivity index (χ2n) is 4.54. The lowest BCUT2D eigenvalue weighted by atomic mass is 9.96. The predicted molar refractivity (Wildman–Crippen MR) is 73.8 cm³/mol. The molecule has 1 atom stereocenters. The third-order valence-corrected chi connectivity index (χ3v) is 3.07. The Kier molecular flexibility index (Phi) is 4.30. The number of aryl methyl sites for hydroxylation is 1. The Balaban J connectivity index is 2.20. The summed E-state index contributed by atoms with van der Waals surface area (Å²) in [6.45, 7) is 1.82. The summed E-state index contributed by atoms with van der Waals surface area (Å²) >= 11 is 0. The average Bonchev–Trinajstić information content (AvgIpc) is 2.46. The molecule has 0 saturated carbocycles. The van der Waals surface area contributed by atoms with Gasteiger partial charge in [0.05, 0.1) is 18.5 Å². The minimum absolute atomic E-state index is 0.372. The summed E-state index contributed by atoms with van der Waals surface area (Å²) in [5.41, 5.74) is 2.15. The molecule has 0 amide bonds. The molecule has 0 aliphatic heterocycles. The summed E-state index contributed by atoms with van der Waals surface area (Å²) in [5.74, 6) is -0.855. The largest absolute Gasteiger partial charge is 0.497 e. The first-order valence-corrected chi connectivity index (χ1v) is 6.26. The van der Waals surface area contributed by atoms with Crippen LogP contribution in [0, 0.1) is 6.92 Å². The van der Waals surface area contributed by atoms with E-state index in [-0.39, 0.29) is 0 Å². The molecule has 2 rings (SSSR count). The SMILES string of the molecule is COc1ccc(CC(C(=O)O)c2ccc(C)nn2)cc1. The van der Waals surface area contributed by atoms with Gasteiger partial charge >= 0.3 is 5.97 Å². The Labute approximate surface area is 117 Å². The molecule has 1 N–H and O–H groups in total. The zero-order valence-corrected chi connectivity index (χ0v) is 11.4. The summed E-state index contributed by atoms with van der Waals surface area (Å²) < 4.78 is 5.08. The van der Waals surface area contributed by atoms with Crippen LogP contribution in [-0.4, -0.2) is 28.4 Å². The number of aromatic nitrogens is 2. The zero-order valence-electron chi connectivity index (χ0n) is 11.4. The number of ether oxygens (including phenoxy) is 1. The van der Waals surface area contributed by atoms with Crippen molar-refractivity contribution in [2.75, 3.05) is 7.11 Å². The van der Waals surface area contributed by atoms with Crippen LogP contribution in [0.2, 0.25) is 0 Å². The second kappa shape index (κ2) is 6.14. The van der Waals surface area contributed by atoms with Gasteiger partial charge in [-0.2, -0.15) is 10.2 Å². The number of carbonyl (C=O) groups is 1. The minimum Gasteiger partial charge on any atom is -0.497 e. The van der Waals surface area contributed by atoms with Gasteiger partial charge in [-0.3, -0.25) is 4.79 Å². The molecule has 1 aromatic carbocycles. The number of benzene rings is 1. The van der Waals surface area contributed by atoms with Crippen molar-refractivity contribution in [2.45, 2.75) is 19.3 Å². The number of carboxylic acids is 1. The smallest absolute Gasteiger partial charge is 0.313 e. The molecule has 0 aliphatic rings. The van der Waals surface area contributed by atoms with Crippen molar-refractivity contribution in [3.63, 3.8) is 0 Å². The van der Waals surface area contributed by atoms with Crippen LogP contribution in [0.15, 0.2) is 36.4 Å².